The molecule has 0 aromatic heterocycles. The van der Waals surface area contributed by atoms with Crippen molar-refractivity contribution in [2.75, 3.05) is 13.7 Å². The van der Waals surface area contributed by atoms with Crippen molar-refractivity contribution in [2.24, 2.45) is 0 Å². The number of sulfonamides is 1. The molecule has 0 saturated carbocycles. The number of carbonyl (C=O) groups excluding carboxylic acids is 2. The van der Waals surface area contributed by atoms with Gasteiger partial charge in [0, 0.05) is 31.1 Å². The number of methoxy groups -OCH3 is 1. The summed E-state index contributed by atoms with van der Waals surface area (Å²) in [6.45, 7) is 4.20. The molecule has 0 fully saturated rings. The summed E-state index contributed by atoms with van der Waals surface area (Å²) in [6.07, 6.45) is 0.547. The Hall–Kier alpha value is -3.40. The molecule has 0 aliphatic heterocycles. The molecule has 2 amide bonds. The maximum absolute atomic E-state index is 13.4. The van der Waals surface area contributed by atoms with E-state index in [9.17, 15) is 18.0 Å². The van der Waals surface area contributed by atoms with Crippen molar-refractivity contribution in [3.63, 3.8) is 0 Å². The fraction of sp³-hybridized carbons (Fsp3) is 0.310. The van der Waals surface area contributed by atoms with Crippen LogP contribution in [0, 0.1) is 0 Å². The van der Waals surface area contributed by atoms with Crippen LogP contribution in [0.15, 0.2) is 77.7 Å². The summed E-state index contributed by atoms with van der Waals surface area (Å²) in [5.41, 5.74) is 2.46. The number of halogens is 1. The standard InChI is InChI=1S/C29H34ClN3O5S/c1-4-32-39(36,37)26-16-11-22(12-17-26)13-18-28(34)33(20-23-9-14-25(38-3)15-10-23)21(2)29(35)31-19-24-7-5-6-8-27(24)30/h5-12,14-17,21,32H,4,13,18-20H2,1-3H3,(H,31,35)/t21-/m1/s1. The van der Waals surface area contributed by atoms with Crippen LogP contribution in [0.4, 0.5) is 0 Å². The Kier molecular flexibility index (Phi) is 10.9. The zero-order valence-electron chi connectivity index (χ0n) is 22.3. The first-order chi connectivity index (χ1) is 18.6. The molecule has 0 heterocycles. The molecule has 0 unspecified atom stereocenters. The summed E-state index contributed by atoms with van der Waals surface area (Å²) < 4.78 is 32.1. The second kappa shape index (κ2) is 14.1. The van der Waals surface area contributed by atoms with E-state index in [2.05, 4.69) is 10.0 Å². The van der Waals surface area contributed by atoms with E-state index in [1.54, 1.807) is 44.1 Å². The predicted molar refractivity (Wildman–Crippen MR) is 152 cm³/mol. The van der Waals surface area contributed by atoms with Gasteiger partial charge in [-0.1, -0.05) is 61.0 Å². The molecule has 3 rings (SSSR count). The molecule has 1 atom stereocenters. The Morgan fingerprint density at radius 1 is 0.974 bits per heavy atom. The van der Waals surface area contributed by atoms with Crippen LogP contribution in [0.1, 0.15) is 37.0 Å². The van der Waals surface area contributed by atoms with Crippen LogP contribution in [0.5, 0.6) is 5.75 Å². The molecule has 3 aromatic rings. The van der Waals surface area contributed by atoms with Crippen LogP contribution in [-0.2, 0) is 39.1 Å². The van der Waals surface area contributed by atoms with E-state index in [0.717, 1.165) is 16.7 Å². The minimum atomic E-state index is -3.55. The van der Waals surface area contributed by atoms with Crippen molar-refractivity contribution < 1.29 is 22.7 Å². The minimum absolute atomic E-state index is 0.150. The SMILES string of the molecule is CCNS(=O)(=O)c1ccc(CCC(=O)N(Cc2ccc(OC)cc2)[C@H](C)C(=O)NCc2ccccc2Cl)cc1. The van der Waals surface area contributed by atoms with Gasteiger partial charge in [-0.05, 0) is 60.4 Å². The van der Waals surface area contributed by atoms with Crippen LogP contribution < -0.4 is 14.8 Å². The number of nitrogens with zero attached hydrogens (tertiary/aromatic N) is 1. The average molecular weight is 572 g/mol. The number of rotatable bonds is 13. The molecule has 0 spiro atoms. The Bertz CT molecular complexity index is 1360. The number of hydrogen-bond acceptors (Lipinski definition) is 5. The quantitative estimate of drug-likeness (QED) is 0.318. The first-order valence-electron chi connectivity index (χ1n) is 12.7. The van der Waals surface area contributed by atoms with E-state index >= 15 is 0 Å². The van der Waals surface area contributed by atoms with Crippen molar-refractivity contribution in [3.8, 4) is 5.75 Å². The van der Waals surface area contributed by atoms with E-state index < -0.39 is 16.1 Å². The third-order valence-electron chi connectivity index (χ3n) is 6.29. The smallest absolute Gasteiger partial charge is 0.242 e. The van der Waals surface area contributed by atoms with Crippen molar-refractivity contribution in [2.45, 2.75) is 50.7 Å². The van der Waals surface area contributed by atoms with E-state index in [-0.39, 0.29) is 36.2 Å². The average Bonchev–Trinajstić information content (AvgIpc) is 2.94. The summed E-state index contributed by atoms with van der Waals surface area (Å²) in [6, 6.07) is 20.3. The summed E-state index contributed by atoms with van der Waals surface area (Å²) >= 11 is 6.22. The second-order valence-corrected chi connectivity index (χ2v) is 11.2. The topological polar surface area (TPSA) is 105 Å². The molecule has 2 N–H and O–H groups in total. The molecule has 10 heteroatoms. The van der Waals surface area contributed by atoms with Gasteiger partial charge in [0.1, 0.15) is 11.8 Å². The molecule has 39 heavy (non-hydrogen) atoms. The zero-order chi connectivity index (χ0) is 28.4. The number of aryl methyl sites for hydroxylation is 1. The molecule has 3 aromatic carbocycles. The fourth-order valence-corrected chi connectivity index (χ4v) is 5.23. The summed E-state index contributed by atoms with van der Waals surface area (Å²) in [5.74, 6) is 0.201. The second-order valence-electron chi connectivity index (χ2n) is 9.00. The molecular weight excluding hydrogens is 538 g/mol. The van der Waals surface area contributed by atoms with Gasteiger partial charge in [0.15, 0.2) is 0 Å². The van der Waals surface area contributed by atoms with Gasteiger partial charge in [-0.2, -0.15) is 0 Å². The molecule has 0 aliphatic carbocycles. The molecule has 8 nitrogen and oxygen atoms in total. The van der Waals surface area contributed by atoms with Gasteiger partial charge in [0.2, 0.25) is 21.8 Å². The molecule has 0 aliphatic rings. The summed E-state index contributed by atoms with van der Waals surface area (Å²) in [5, 5.41) is 3.44. The van der Waals surface area contributed by atoms with Crippen LogP contribution >= 0.6 is 11.6 Å². The van der Waals surface area contributed by atoms with E-state index in [0.29, 0.717) is 23.7 Å². The number of amides is 2. The first-order valence-corrected chi connectivity index (χ1v) is 14.5. The molecule has 0 saturated heterocycles. The van der Waals surface area contributed by atoms with Crippen molar-refractivity contribution in [1.29, 1.82) is 0 Å². The maximum Gasteiger partial charge on any atom is 0.242 e. The zero-order valence-corrected chi connectivity index (χ0v) is 23.9. The van der Waals surface area contributed by atoms with E-state index in [1.165, 1.54) is 12.1 Å². The number of ether oxygens (including phenoxy) is 1. The van der Waals surface area contributed by atoms with Gasteiger partial charge in [0.05, 0.1) is 12.0 Å². The normalized spacial score (nSPS) is 12.0. The van der Waals surface area contributed by atoms with Crippen molar-refractivity contribution >= 4 is 33.4 Å². The Labute approximate surface area is 235 Å². The van der Waals surface area contributed by atoms with Gasteiger partial charge in [-0.3, -0.25) is 9.59 Å². The van der Waals surface area contributed by atoms with Crippen molar-refractivity contribution in [1.82, 2.24) is 14.9 Å². The third-order valence-corrected chi connectivity index (χ3v) is 8.22. The molecular formula is C29H34ClN3O5S. The van der Waals surface area contributed by atoms with Gasteiger partial charge in [0.25, 0.3) is 0 Å². The lowest BCUT2D eigenvalue weighted by Crippen LogP contribution is -2.47. The summed E-state index contributed by atoms with van der Waals surface area (Å²) in [7, 11) is -1.97. The Morgan fingerprint density at radius 3 is 2.23 bits per heavy atom. The lowest BCUT2D eigenvalue weighted by molar-refractivity contribution is -0.140. The van der Waals surface area contributed by atoms with Gasteiger partial charge in [-0.15, -0.1) is 0 Å². The van der Waals surface area contributed by atoms with Gasteiger partial charge >= 0.3 is 0 Å². The fourth-order valence-electron chi connectivity index (χ4n) is 3.99. The predicted octanol–water partition coefficient (Wildman–Crippen LogP) is 4.31. The van der Waals surface area contributed by atoms with Gasteiger partial charge in [-0.25, -0.2) is 13.1 Å². The molecule has 208 valence electrons. The maximum atomic E-state index is 13.4. The molecule has 0 bridgehead atoms. The number of benzene rings is 3. The highest BCUT2D eigenvalue weighted by Gasteiger charge is 2.26. The van der Waals surface area contributed by atoms with Crippen LogP contribution in [0.3, 0.4) is 0 Å². The van der Waals surface area contributed by atoms with E-state index in [1.807, 2.05) is 42.5 Å². The Balaban J connectivity index is 1.72. The molecule has 0 radical (unpaired) electrons. The monoisotopic (exact) mass is 571 g/mol. The van der Waals surface area contributed by atoms with E-state index in [4.69, 9.17) is 16.3 Å². The van der Waals surface area contributed by atoms with Crippen LogP contribution in [-0.4, -0.2) is 44.8 Å². The highest BCUT2D eigenvalue weighted by atomic mass is 35.5. The number of carbonyl (C=O) groups is 2. The number of hydrogen-bond donors (Lipinski definition) is 2. The highest BCUT2D eigenvalue weighted by Crippen LogP contribution is 2.18. The van der Waals surface area contributed by atoms with Crippen LogP contribution in [0.25, 0.3) is 0 Å². The largest absolute Gasteiger partial charge is 0.497 e. The lowest BCUT2D eigenvalue weighted by Gasteiger charge is -2.29. The highest BCUT2D eigenvalue weighted by molar-refractivity contribution is 7.89. The van der Waals surface area contributed by atoms with Crippen LogP contribution in [0.2, 0.25) is 5.02 Å². The van der Waals surface area contributed by atoms with Gasteiger partial charge < -0.3 is 15.0 Å². The Morgan fingerprint density at radius 2 is 1.62 bits per heavy atom. The number of nitrogens with one attached hydrogen (secondary N) is 2. The van der Waals surface area contributed by atoms with Crippen molar-refractivity contribution in [3.05, 3.63) is 94.5 Å². The summed E-state index contributed by atoms with van der Waals surface area (Å²) in [4.78, 5) is 28.2. The minimum Gasteiger partial charge on any atom is -0.497 e. The lowest BCUT2D eigenvalue weighted by atomic mass is 10.1. The first kappa shape index (κ1) is 30.1. The third kappa shape index (κ3) is 8.54.